The first-order valence-electron chi connectivity index (χ1n) is 9.42. The molecule has 1 aliphatic carbocycles. The Morgan fingerprint density at radius 3 is 2.33 bits per heavy atom. The number of benzene rings is 1. The maximum Gasteiger partial charge on any atom is 0.433 e. The average molecular weight is 412 g/mol. The standard InChI is InChI=1S/C21H19F3N6/c1-13(15-10-11-15)26-20-29-18(16-8-5-9-17(27-16)21(22,23)24)28-19(30-20)25-12-14-6-3-2-4-7-14/h2-9H,10-12H2,1H3,(H2,25,26,28,29,30). The van der Waals surface area contributed by atoms with E-state index in [1.807, 2.05) is 37.3 Å². The number of alkyl halides is 3. The van der Waals surface area contributed by atoms with Crippen molar-refractivity contribution in [3.8, 4) is 11.5 Å². The summed E-state index contributed by atoms with van der Waals surface area (Å²) in [6.07, 6.45) is -2.51. The summed E-state index contributed by atoms with van der Waals surface area (Å²) in [7, 11) is 0. The molecule has 0 amide bonds. The molecule has 0 bridgehead atoms. The van der Waals surface area contributed by atoms with Gasteiger partial charge in [0.2, 0.25) is 11.9 Å². The van der Waals surface area contributed by atoms with Gasteiger partial charge in [0.1, 0.15) is 11.4 Å². The highest BCUT2D eigenvalue weighted by Gasteiger charge is 2.32. The molecule has 0 spiro atoms. The SMILES string of the molecule is CC(Nc1nc(NCc2ccccc2)nc(-c2cccc(C(F)(F)F)n2)n1)=C1CC1. The van der Waals surface area contributed by atoms with E-state index in [1.165, 1.54) is 17.7 Å². The van der Waals surface area contributed by atoms with Crippen LogP contribution in [0.5, 0.6) is 0 Å². The summed E-state index contributed by atoms with van der Waals surface area (Å²) in [5.41, 5.74) is 2.26. The number of pyridine rings is 1. The molecular formula is C21H19F3N6. The molecule has 6 nitrogen and oxygen atoms in total. The zero-order chi connectivity index (χ0) is 21.1. The molecule has 1 aliphatic rings. The van der Waals surface area contributed by atoms with Crippen LogP contribution in [-0.4, -0.2) is 19.9 Å². The fourth-order valence-electron chi connectivity index (χ4n) is 2.81. The zero-order valence-corrected chi connectivity index (χ0v) is 16.2. The Morgan fingerprint density at radius 2 is 1.63 bits per heavy atom. The van der Waals surface area contributed by atoms with Crippen molar-refractivity contribution in [2.75, 3.05) is 10.6 Å². The van der Waals surface area contributed by atoms with Crippen molar-refractivity contribution in [3.05, 3.63) is 71.1 Å². The fourth-order valence-corrected chi connectivity index (χ4v) is 2.81. The highest BCUT2D eigenvalue weighted by Crippen LogP contribution is 2.32. The van der Waals surface area contributed by atoms with Crippen LogP contribution < -0.4 is 10.6 Å². The Kier molecular flexibility index (Phi) is 5.35. The Labute approximate surface area is 171 Å². The molecule has 0 saturated heterocycles. The van der Waals surface area contributed by atoms with E-state index in [4.69, 9.17) is 0 Å². The van der Waals surface area contributed by atoms with Crippen LogP contribution in [0.1, 0.15) is 31.0 Å². The van der Waals surface area contributed by atoms with Crippen LogP contribution in [-0.2, 0) is 12.7 Å². The van der Waals surface area contributed by atoms with Gasteiger partial charge in [-0.25, -0.2) is 4.98 Å². The normalized spacial score (nSPS) is 13.1. The third-order valence-electron chi connectivity index (χ3n) is 4.53. The summed E-state index contributed by atoms with van der Waals surface area (Å²) >= 11 is 0. The first-order chi connectivity index (χ1) is 14.4. The van der Waals surface area contributed by atoms with E-state index < -0.39 is 11.9 Å². The van der Waals surface area contributed by atoms with Crippen LogP contribution in [0.15, 0.2) is 59.8 Å². The van der Waals surface area contributed by atoms with Crippen molar-refractivity contribution in [1.82, 2.24) is 19.9 Å². The molecular weight excluding hydrogens is 393 g/mol. The van der Waals surface area contributed by atoms with Gasteiger partial charge in [0.15, 0.2) is 5.82 Å². The summed E-state index contributed by atoms with van der Waals surface area (Å²) < 4.78 is 39.2. The molecule has 0 unspecified atom stereocenters. The van der Waals surface area contributed by atoms with Crippen molar-refractivity contribution in [2.45, 2.75) is 32.5 Å². The summed E-state index contributed by atoms with van der Waals surface area (Å²) in [5, 5.41) is 6.23. The molecule has 9 heteroatoms. The Hall–Kier alpha value is -3.49. The van der Waals surface area contributed by atoms with Crippen molar-refractivity contribution in [3.63, 3.8) is 0 Å². The second-order valence-electron chi connectivity index (χ2n) is 6.90. The molecule has 0 radical (unpaired) electrons. The van der Waals surface area contributed by atoms with E-state index in [0.717, 1.165) is 30.2 Å². The van der Waals surface area contributed by atoms with Crippen LogP contribution >= 0.6 is 0 Å². The van der Waals surface area contributed by atoms with E-state index >= 15 is 0 Å². The summed E-state index contributed by atoms with van der Waals surface area (Å²) in [6, 6.07) is 13.3. The second-order valence-corrected chi connectivity index (χ2v) is 6.90. The van der Waals surface area contributed by atoms with Gasteiger partial charge in [-0.15, -0.1) is 0 Å². The van der Waals surface area contributed by atoms with Gasteiger partial charge in [0.05, 0.1) is 0 Å². The lowest BCUT2D eigenvalue weighted by Gasteiger charge is -2.11. The highest BCUT2D eigenvalue weighted by molar-refractivity contribution is 5.55. The Morgan fingerprint density at radius 1 is 0.900 bits per heavy atom. The number of nitrogens with zero attached hydrogens (tertiary/aromatic N) is 4. The molecule has 1 fully saturated rings. The van der Waals surface area contributed by atoms with E-state index in [-0.39, 0.29) is 23.4 Å². The highest BCUT2D eigenvalue weighted by atomic mass is 19.4. The molecule has 4 rings (SSSR count). The summed E-state index contributed by atoms with van der Waals surface area (Å²) in [4.78, 5) is 16.6. The predicted molar refractivity (Wildman–Crippen MR) is 107 cm³/mol. The van der Waals surface area contributed by atoms with E-state index in [0.29, 0.717) is 6.54 Å². The molecule has 3 aromatic rings. The smallest absolute Gasteiger partial charge is 0.350 e. The molecule has 154 valence electrons. The number of rotatable bonds is 6. The first-order valence-corrected chi connectivity index (χ1v) is 9.42. The van der Waals surface area contributed by atoms with Crippen molar-refractivity contribution >= 4 is 11.9 Å². The van der Waals surface area contributed by atoms with Gasteiger partial charge >= 0.3 is 6.18 Å². The largest absolute Gasteiger partial charge is 0.433 e. The minimum absolute atomic E-state index is 0.0229. The molecule has 30 heavy (non-hydrogen) atoms. The van der Waals surface area contributed by atoms with E-state index in [9.17, 15) is 13.2 Å². The molecule has 1 aromatic carbocycles. The predicted octanol–water partition coefficient (Wildman–Crippen LogP) is 5.04. The van der Waals surface area contributed by atoms with E-state index in [1.54, 1.807) is 0 Å². The third-order valence-corrected chi connectivity index (χ3v) is 4.53. The number of hydrogen-bond donors (Lipinski definition) is 2. The summed E-state index contributed by atoms with van der Waals surface area (Å²) in [5.74, 6) is 0.564. The lowest BCUT2D eigenvalue weighted by atomic mass is 10.2. The number of anilines is 2. The summed E-state index contributed by atoms with van der Waals surface area (Å²) in [6.45, 7) is 2.38. The monoisotopic (exact) mass is 412 g/mol. The molecule has 2 aromatic heterocycles. The number of nitrogens with one attached hydrogen (secondary N) is 2. The van der Waals surface area contributed by atoms with Crippen LogP contribution in [0, 0.1) is 0 Å². The second kappa shape index (κ2) is 8.10. The molecule has 2 N–H and O–H groups in total. The lowest BCUT2D eigenvalue weighted by molar-refractivity contribution is -0.141. The van der Waals surface area contributed by atoms with Gasteiger partial charge in [-0.2, -0.15) is 28.1 Å². The molecule has 2 heterocycles. The van der Waals surface area contributed by atoms with Gasteiger partial charge in [0.25, 0.3) is 0 Å². The topological polar surface area (TPSA) is 75.6 Å². The number of aromatic nitrogens is 4. The maximum atomic E-state index is 13.1. The minimum atomic E-state index is -4.55. The van der Waals surface area contributed by atoms with Crippen LogP contribution in [0.2, 0.25) is 0 Å². The van der Waals surface area contributed by atoms with Crippen molar-refractivity contribution in [2.24, 2.45) is 0 Å². The quantitative estimate of drug-likeness (QED) is 0.591. The van der Waals surface area contributed by atoms with Gasteiger partial charge in [-0.3, -0.25) is 0 Å². The number of halogens is 3. The van der Waals surface area contributed by atoms with Gasteiger partial charge < -0.3 is 10.6 Å². The molecule has 0 aliphatic heterocycles. The molecule has 1 saturated carbocycles. The van der Waals surface area contributed by atoms with Gasteiger partial charge in [-0.1, -0.05) is 42.0 Å². The van der Waals surface area contributed by atoms with Gasteiger partial charge in [0, 0.05) is 12.2 Å². The van der Waals surface area contributed by atoms with Crippen LogP contribution in [0.25, 0.3) is 11.5 Å². The lowest BCUT2D eigenvalue weighted by Crippen LogP contribution is -2.11. The third kappa shape index (κ3) is 4.91. The minimum Gasteiger partial charge on any atom is -0.350 e. The van der Waals surface area contributed by atoms with Crippen LogP contribution in [0.3, 0.4) is 0 Å². The van der Waals surface area contributed by atoms with Crippen LogP contribution in [0.4, 0.5) is 25.1 Å². The average Bonchev–Trinajstić information content (AvgIpc) is 3.58. The first kappa shape index (κ1) is 19.8. The zero-order valence-electron chi connectivity index (χ0n) is 16.2. The number of allylic oxidation sites excluding steroid dienone is 2. The fraction of sp³-hybridized carbons (Fsp3) is 0.238. The van der Waals surface area contributed by atoms with Crippen molar-refractivity contribution in [1.29, 1.82) is 0 Å². The van der Waals surface area contributed by atoms with E-state index in [2.05, 4.69) is 30.6 Å². The Balaban J connectivity index is 1.67. The molecule has 0 atom stereocenters. The van der Waals surface area contributed by atoms with Crippen molar-refractivity contribution < 1.29 is 13.2 Å². The Bertz CT molecular complexity index is 1070. The van der Waals surface area contributed by atoms with Gasteiger partial charge in [-0.05, 0) is 37.5 Å². The maximum absolute atomic E-state index is 13.1. The number of hydrogen-bond acceptors (Lipinski definition) is 6.